The van der Waals surface area contributed by atoms with Gasteiger partial charge in [0.2, 0.25) is 0 Å². The van der Waals surface area contributed by atoms with Gasteiger partial charge in [-0.3, -0.25) is 14.8 Å². The number of nitriles is 1. The number of pyridine rings is 2. The van der Waals surface area contributed by atoms with Crippen molar-refractivity contribution in [1.82, 2.24) is 9.97 Å². The summed E-state index contributed by atoms with van der Waals surface area (Å²) in [5.41, 5.74) is 10.1. The van der Waals surface area contributed by atoms with E-state index in [1.165, 1.54) is 36.8 Å². The number of thiol groups is 1. The lowest BCUT2D eigenvalue weighted by Gasteiger charge is -2.11. The number of fused-ring (bicyclic) bond motifs is 2. The molecule has 186 valence electrons. The monoisotopic (exact) mass is 500 g/mol. The minimum Gasteiger partial charge on any atom is -0.333 e. The maximum absolute atomic E-state index is 11.0. The normalized spacial score (nSPS) is 14.7. The number of benzene rings is 2. The number of aromatic nitrogens is 2. The van der Waals surface area contributed by atoms with E-state index in [9.17, 15) is 4.79 Å². The first kappa shape index (κ1) is 27.3. The lowest BCUT2D eigenvalue weighted by atomic mass is 9.96. The van der Waals surface area contributed by atoms with Gasteiger partial charge in [-0.05, 0) is 72.3 Å². The fraction of sp³-hybridized carbons (Fsp3) is 0.310. The van der Waals surface area contributed by atoms with Gasteiger partial charge in [-0.25, -0.2) is 0 Å². The molecule has 0 spiro atoms. The molecule has 2 aromatic carbocycles. The Hall–Kier alpha value is -3.31. The largest absolute Gasteiger partial charge is 0.333 e. The van der Waals surface area contributed by atoms with Gasteiger partial charge in [0.25, 0.3) is 0 Å². The van der Waals surface area contributed by atoms with Crippen LogP contribution in [0.5, 0.6) is 0 Å². The third-order valence-corrected chi connectivity index (χ3v) is 6.33. The van der Waals surface area contributed by atoms with E-state index in [0.29, 0.717) is 11.8 Å². The van der Waals surface area contributed by atoms with Crippen LogP contribution in [0.1, 0.15) is 84.5 Å². The minimum absolute atomic E-state index is 0.592. The zero-order valence-electron chi connectivity index (χ0n) is 20.6. The van der Waals surface area contributed by atoms with Gasteiger partial charge in [-0.1, -0.05) is 50.2 Å². The zero-order valence-corrected chi connectivity index (χ0v) is 21.5. The molecule has 2 aliphatic carbocycles. The Balaban J connectivity index is 0.000000177. The van der Waals surface area contributed by atoms with Crippen molar-refractivity contribution in [2.75, 3.05) is 0 Å². The summed E-state index contributed by atoms with van der Waals surface area (Å²) < 4.78 is 6.69. The molecule has 1 atom stereocenters. The van der Waals surface area contributed by atoms with E-state index >= 15 is 0 Å². The van der Waals surface area contributed by atoms with Crippen molar-refractivity contribution in [2.45, 2.75) is 57.4 Å². The van der Waals surface area contributed by atoms with Gasteiger partial charge in [-0.15, -0.1) is 0 Å². The van der Waals surface area contributed by atoms with Gasteiger partial charge < -0.3 is 10.3 Å². The molecule has 2 aliphatic rings. The Labute approximate surface area is 217 Å². The summed E-state index contributed by atoms with van der Waals surface area (Å²) in [7, 11) is 0. The maximum atomic E-state index is 11.0. The summed E-state index contributed by atoms with van der Waals surface area (Å²) >= 11 is 2.53. The number of carbonyl (C=O) groups is 1. The molecule has 3 N–H and O–H groups in total. The number of carbonyl (C=O) groups excluding carboxylic acids is 1. The smallest absolute Gasteiger partial charge is 0.152 e. The van der Waals surface area contributed by atoms with Crippen LogP contribution in [0.25, 0.3) is 21.5 Å². The first-order valence-electron chi connectivity index (χ1n) is 12.2. The number of nitrogens with zero attached hydrogens (tertiary/aromatic N) is 3. The highest BCUT2D eigenvalue weighted by molar-refractivity contribution is 7.74. The van der Waals surface area contributed by atoms with Crippen LogP contribution in [0.2, 0.25) is 0 Å². The van der Waals surface area contributed by atoms with Crippen molar-refractivity contribution < 1.29 is 9.35 Å². The average molecular weight is 501 g/mol. The van der Waals surface area contributed by atoms with Gasteiger partial charge in [0.15, 0.2) is 6.29 Å². The molecule has 0 bridgehead atoms. The summed E-state index contributed by atoms with van der Waals surface area (Å²) in [4.78, 5) is 19.2. The average Bonchev–Trinajstić information content (AvgIpc) is 3.87. The van der Waals surface area contributed by atoms with Crippen LogP contribution in [0, 0.1) is 11.3 Å². The number of rotatable bonds is 4. The molecule has 2 aromatic heterocycles. The van der Waals surface area contributed by atoms with Crippen LogP contribution in [0.4, 0.5) is 0 Å². The minimum atomic E-state index is -0.592. The molecule has 1 unspecified atom stereocenters. The third-order valence-electron chi connectivity index (χ3n) is 6.33. The Morgan fingerprint density at radius 2 is 1.42 bits per heavy atom. The van der Waals surface area contributed by atoms with Gasteiger partial charge in [0, 0.05) is 46.7 Å². The summed E-state index contributed by atoms with van der Waals surface area (Å²) in [5.74, 6) is 1.31. The quantitative estimate of drug-likeness (QED) is 0.158. The van der Waals surface area contributed by atoms with E-state index in [1.807, 2.05) is 44.4 Å². The summed E-state index contributed by atoms with van der Waals surface area (Å²) in [5, 5.41) is 13.4. The van der Waals surface area contributed by atoms with Gasteiger partial charge in [0.1, 0.15) is 6.04 Å². The van der Waals surface area contributed by atoms with Crippen LogP contribution >= 0.6 is 12.9 Å². The highest BCUT2D eigenvalue weighted by Gasteiger charge is 2.27. The Kier molecular flexibility index (Phi) is 9.95. The van der Waals surface area contributed by atoms with Crippen LogP contribution < -0.4 is 5.73 Å². The second-order valence-corrected chi connectivity index (χ2v) is 8.62. The van der Waals surface area contributed by atoms with Crippen molar-refractivity contribution in [3.05, 3.63) is 83.4 Å². The highest BCUT2D eigenvalue weighted by Crippen LogP contribution is 2.44. The van der Waals surface area contributed by atoms with Crippen LogP contribution in [-0.2, 0) is 0 Å². The predicted octanol–water partition coefficient (Wildman–Crippen LogP) is 6.98. The lowest BCUT2D eigenvalue weighted by Crippen LogP contribution is -2.09. The molecular weight excluding hydrogens is 468 g/mol. The van der Waals surface area contributed by atoms with E-state index in [-0.39, 0.29) is 0 Å². The van der Waals surface area contributed by atoms with Crippen molar-refractivity contribution in [2.24, 2.45) is 5.73 Å². The molecule has 2 fully saturated rings. The summed E-state index contributed by atoms with van der Waals surface area (Å²) in [6.45, 7) is 4.00. The Bertz CT molecular complexity index is 1350. The van der Waals surface area contributed by atoms with E-state index in [0.717, 1.165) is 39.0 Å². The Morgan fingerprint density at radius 3 is 1.92 bits per heavy atom. The summed E-state index contributed by atoms with van der Waals surface area (Å²) in [6.07, 6.45) is 12.9. The molecule has 0 aliphatic heterocycles. The van der Waals surface area contributed by atoms with Crippen LogP contribution in [0.3, 0.4) is 0 Å². The molecule has 0 amide bonds. The predicted molar refractivity (Wildman–Crippen MR) is 148 cm³/mol. The highest BCUT2D eigenvalue weighted by atomic mass is 32.1. The molecule has 2 heterocycles. The first-order chi connectivity index (χ1) is 17.7. The molecule has 7 heteroatoms. The third kappa shape index (κ3) is 6.08. The van der Waals surface area contributed by atoms with Crippen LogP contribution in [-0.4, -0.2) is 20.8 Å². The molecule has 2 saturated carbocycles. The number of hydrogen-bond acceptors (Lipinski definition) is 7. The standard InChI is InChI=1S/C14H13N3.C13H11NO.C2H6.H2OS/c15-6-13(16)12-8-17-7-10-2-1-3-11(14(10)12)9-4-5-9;15-8-11-7-14-6-10-2-1-3-12(13(10)11)9-4-5-9;2*1-2/h1-3,7-9,13H,4-5,16H2;1-3,6-9H,4-5H2;1-2H3;1-2H. The van der Waals surface area contributed by atoms with Gasteiger partial charge in [-0.2, -0.15) is 5.26 Å². The van der Waals surface area contributed by atoms with E-state index < -0.39 is 6.04 Å². The van der Waals surface area contributed by atoms with Crippen molar-refractivity contribution >= 4 is 40.7 Å². The van der Waals surface area contributed by atoms with E-state index in [4.69, 9.17) is 15.5 Å². The molecule has 36 heavy (non-hydrogen) atoms. The van der Waals surface area contributed by atoms with Crippen molar-refractivity contribution in [1.29, 1.82) is 5.26 Å². The lowest BCUT2D eigenvalue weighted by molar-refractivity contribution is 0.112. The SMILES string of the molecule is CC.N#CC(N)c1cncc2cccc(C3CC3)c12.O=Cc1cncc2cccc(C3CC3)c12.OS. The number of hydrogen-bond donors (Lipinski definition) is 3. The fourth-order valence-electron chi connectivity index (χ4n) is 4.45. The number of aldehydes is 1. The number of nitrogens with two attached hydrogens (primary N) is 1. The molecule has 4 aromatic rings. The Morgan fingerprint density at radius 1 is 0.917 bits per heavy atom. The maximum Gasteiger partial charge on any atom is 0.152 e. The van der Waals surface area contributed by atoms with Gasteiger partial charge in [0.05, 0.1) is 6.07 Å². The van der Waals surface area contributed by atoms with E-state index in [1.54, 1.807) is 12.4 Å². The van der Waals surface area contributed by atoms with E-state index in [2.05, 4.69) is 47.1 Å². The molecular formula is C29H32N4O2S. The fourth-order valence-corrected chi connectivity index (χ4v) is 4.45. The summed E-state index contributed by atoms with van der Waals surface area (Å²) in [6, 6.07) is 13.9. The topological polar surface area (TPSA) is 113 Å². The second kappa shape index (κ2) is 13.1. The van der Waals surface area contributed by atoms with Crippen molar-refractivity contribution in [3.8, 4) is 6.07 Å². The molecule has 0 saturated heterocycles. The second-order valence-electron chi connectivity index (χ2n) is 8.62. The molecule has 6 rings (SSSR count). The van der Waals surface area contributed by atoms with Gasteiger partial charge >= 0.3 is 0 Å². The first-order valence-corrected chi connectivity index (χ1v) is 12.6. The zero-order chi connectivity index (χ0) is 26.1. The molecule has 6 nitrogen and oxygen atoms in total. The van der Waals surface area contributed by atoms with Crippen LogP contribution in [0.15, 0.2) is 61.2 Å². The van der Waals surface area contributed by atoms with Crippen molar-refractivity contribution in [3.63, 3.8) is 0 Å². The molecule has 0 radical (unpaired) electrons.